The molecule has 0 bridgehead atoms. The third-order valence-corrected chi connectivity index (χ3v) is 3.26. The molecule has 1 fully saturated rings. The van der Waals surface area contributed by atoms with Gasteiger partial charge in [-0.1, -0.05) is 26.2 Å². The second kappa shape index (κ2) is 6.81. The molecule has 3 unspecified atom stereocenters. The lowest BCUT2D eigenvalue weighted by Gasteiger charge is -2.28. The van der Waals surface area contributed by atoms with E-state index in [2.05, 4.69) is 6.92 Å². The Balaban J connectivity index is 2.13. The van der Waals surface area contributed by atoms with E-state index in [1.165, 1.54) is 32.1 Å². The van der Waals surface area contributed by atoms with Gasteiger partial charge in [0, 0.05) is 6.61 Å². The molecule has 0 spiro atoms. The van der Waals surface area contributed by atoms with E-state index in [-0.39, 0.29) is 6.04 Å². The van der Waals surface area contributed by atoms with E-state index in [4.69, 9.17) is 15.7 Å². The van der Waals surface area contributed by atoms with Crippen LogP contribution in [0, 0.1) is 17.2 Å². The molecule has 3 nitrogen and oxygen atoms in total. The summed E-state index contributed by atoms with van der Waals surface area (Å²) in [4.78, 5) is 0. The maximum absolute atomic E-state index is 8.52. The van der Waals surface area contributed by atoms with Crippen molar-refractivity contribution in [3.63, 3.8) is 0 Å². The summed E-state index contributed by atoms with van der Waals surface area (Å²) in [5.74, 6) is 0.841. The molecule has 0 radical (unpaired) electrons. The fraction of sp³-hybridized carbons (Fsp3) is 0.917. The highest BCUT2D eigenvalue weighted by Gasteiger charge is 2.21. The molecule has 1 aliphatic rings. The van der Waals surface area contributed by atoms with E-state index in [9.17, 15) is 0 Å². The van der Waals surface area contributed by atoms with Gasteiger partial charge in [-0.15, -0.1) is 0 Å². The Hall–Kier alpha value is -0.590. The van der Waals surface area contributed by atoms with Crippen LogP contribution >= 0.6 is 0 Å². The summed E-state index contributed by atoms with van der Waals surface area (Å²) in [5.41, 5.74) is 5.50. The van der Waals surface area contributed by atoms with E-state index < -0.39 is 0 Å². The highest BCUT2D eigenvalue weighted by atomic mass is 16.5. The van der Waals surface area contributed by atoms with Crippen LogP contribution in [0.4, 0.5) is 0 Å². The molecule has 0 amide bonds. The number of nitrogens with zero attached hydrogens (tertiary/aromatic N) is 1. The van der Waals surface area contributed by atoms with Crippen LogP contribution in [0.5, 0.6) is 0 Å². The number of nitriles is 1. The fourth-order valence-corrected chi connectivity index (χ4v) is 2.19. The minimum Gasteiger partial charge on any atom is -0.378 e. The van der Waals surface area contributed by atoms with E-state index in [1.54, 1.807) is 0 Å². The summed E-state index contributed by atoms with van der Waals surface area (Å²) in [7, 11) is 0. The molecule has 0 aromatic carbocycles. The number of ether oxygens (including phenoxy) is 1. The van der Waals surface area contributed by atoms with Gasteiger partial charge in [-0.2, -0.15) is 5.26 Å². The van der Waals surface area contributed by atoms with Crippen molar-refractivity contribution in [3.8, 4) is 6.07 Å². The Morgan fingerprint density at radius 2 is 2.33 bits per heavy atom. The van der Waals surface area contributed by atoms with Gasteiger partial charge < -0.3 is 10.5 Å². The maximum atomic E-state index is 8.52. The molecule has 3 atom stereocenters. The van der Waals surface area contributed by atoms with Crippen LogP contribution in [0.3, 0.4) is 0 Å². The third kappa shape index (κ3) is 4.63. The van der Waals surface area contributed by atoms with Gasteiger partial charge >= 0.3 is 0 Å². The predicted octanol–water partition coefficient (Wildman–Crippen LogP) is 2.21. The van der Waals surface area contributed by atoms with Crippen LogP contribution in [0.2, 0.25) is 0 Å². The number of hydrogen-bond donors (Lipinski definition) is 1. The average molecular weight is 210 g/mol. The number of rotatable bonds is 5. The smallest absolute Gasteiger partial charge is 0.0950 e. The monoisotopic (exact) mass is 210 g/mol. The van der Waals surface area contributed by atoms with E-state index in [1.807, 2.05) is 6.07 Å². The van der Waals surface area contributed by atoms with Crippen molar-refractivity contribution in [1.82, 2.24) is 0 Å². The Labute approximate surface area is 92.6 Å². The molecule has 0 aliphatic heterocycles. The summed E-state index contributed by atoms with van der Waals surface area (Å²) >= 11 is 0. The Kier molecular flexibility index (Phi) is 5.67. The Morgan fingerprint density at radius 3 is 3.00 bits per heavy atom. The van der Waals surface area contributed by atoms with Gasteiger partial charge in [0.15, 0.2) is 0 Å². The summed E-state index contributed by atoms with van der Waals surface area (Å²) in [5, 5.41) is 8.52. The Bertz CT molecular complexity index is 212. The van der Waals surface area contributed by atoms with E-state index >= 15 is 0 Å². The molecule has 86 valence electrons. The summed E-state index contributed by atoms with van der Waals surface area (Å²) in [6, 6.07) is 1.66. The van der Waals surface area contributed by atoms with Gasteiger partial charge in [0.2, 0.25) is 0 Å². The quantitative estimate of drug-likeness (QED) is 0.757. The minimum absolute atomic E-state index is 0.365. The molecule has 0 aromatic rings. The molecule has 1 rings (SSSR count). The highest BCUT2D eigenvalue weighted by molar-refractivity contribution is 4.86. The third-order valence-electron chi connectivity index (χ3n) is 3.26. The molecule has 0 saturated heterocycles. The zero-order valence-electron chi connectivity index (χ0n) is 9.61. The zero-order valence-corrected chi connectivity index (χ0v) is 9.61. The van der Waals surface area contributed by atoms with E-state index in [0.717, 1.165) is 5.92 Å². The van der Waals surface area contributed by atoms with Crippen molar-refractivity contribution in [1.29, 1.82) is 5.26 Å². The first-order valence-corrected chi connectivity index (χ1v) is 6.03. The Morgan fingerprint density at radius 1 is 1.53 bits per heavy atom. The lowest BCUT2D eigenvalue weighted by Crippen LogP contribution is -2.25. The molecule has 0 aromatic heterocycles. The molecule has 1 aliphatic carbocycles. The number of hydrogen-bond acceptors (Lipinski definition) is 3. The van der Waals surface area contributed by atoms with Crippen LogP contribution in [-0.2, 0) is 4.74 Å². The SMILES string of the molecule is CCC1CCCC(OCCC(N)C#N)C1. The van der Waals surface area contributed by atoms with Gasteiger partial charge in [-0.05, 0) is 25.2 Å². The largest absolute Gasteiger partial charge is 0.378 e. The van der Waals surface area contributed by atoms with Crippen LogP contribution in [-0.4, -0.2) is 18.8 Å². The molecule has 1 saturated carbocycles. The second-order valence-electron chi connectivity index (χ2n) is 4.46. The zero-order chi connectivity index (χ0) is 11.1. The van der Waals surface area contributed by atoms with Gasteiger partial charge in [0.25, 0.3) is 0 Å². The first kappa shape index (κ1) is 12.5. The minimum atomic E-state index is -0.365. The average Bonchev–Trinajstić information content (AvgIpc) is 2.29. The number of nitrogens with two attached hydrogens (primary N) is 1. The predicted molar refractivity (Wildman–Crippen MR) is 60.2 cm³/mol. The maximum Gasteiger partial charge on any atom is 0.0950 e. The topological polar surface area (TPSA) is 59.0 Å². The van der Waals surface area contributed by atoms with Crippen molar-refractivity contribution in [3.05, 3.63) is 0 Å². The molecule has 2 N–H and O–H groups in total. The van der Waals surface area contributed by atoms with Gasteiger partial charge in [0.05, 0.1) is 18.2 Å². The molecular weight excluding hydrogens is 188 g/mol. The van der Waals surface area contributed by atoms with E-state index in [0.29, 0.717) is 19.1 Å². The van der Waals surface area contributed by atoms with Crippen LogP contribution in [0.25, 0.3) is 0 Å². The van der Waals surface area contributed by atoms with Crippen molar-refractivity contribution in [2.75, 3.05) is 6.61 Å². The molecular formula is C12H22N2O. The first-order valence-electron chi connectivity index (χ1n) is 6.03. The van der Waals surface area contributed by atoms with Crippen molar-refractivity contribution < 1.29 is 4.74 Å². The van der Waals surface area contributed by atoms with Crippen LogP contribution < -0.4 is 5.73 Å². The summed E-state index contributed by atoms with van der Waals surface area (Å²) in [6.45, 7) is 2.88. The molecule has 0 heterocycles. The van der Waals surface area contributed by atoms with Gasteiger partial charge in [0.1, 0.15) is 0 Å². The van der Waals surface area contributed by atoms with Crippen molar-refractivity contribution in [2.24, 2.45) is 11.7 Å². The van der Waals surface area contributed by atoms with Crippen molar-refractivity contribution >= 4 is 0 Å². The summed E-state index contributed by atoms with van der Waals surface area (Å²) < 4.78 is 5.76. The molecule has 3 heteroatoms. The molecule has 15 heavy (non-hydrogen) atoms. The first-order chi connectivity index (χ1) is 7.26. The lowest BCUT2D eigenvalue weighted by atomic mass is 9.85. The fourth-order valence-electron chi connectivity index (χ4n) is 2.19. The van der Waals surface area contributed by atoms with Gasteiger partial charge in [-0.25, -0.2) is 0 Å². The standard InChI is InChI=1S/C12H22N2O/c1-2-10-4-3-5-12(8-10)15-7-6-11(14)9-13/h10-12H,2-8,14H2,1H3. The second-order valence-corrected chi connectivity index (χ2v) is 4.46. The van der Waals surface area contributed by atoms with Crippen LogP contribution in [0.1, 0.15) is 45.4 Å². The normalized spacial score (nSPS) is 28.3. The van der Waals surface area contributed by atoms with Crippen LogP contribution in [0.15, 0.2) is 0 Å². The highest BCUT2D eigenvalue weighted by Crippen LogP contribution is 2.28. The lowest BCUT2D eigenvalue weighted by molar-refractivity contribution is 0.0107. The summed E-state index contributed by atoms with van der Waals surface area (Å²) in [6.07, 6.45) is 7.34. The van der Waals surface area contributed by atoms with Gasteiger partial charge in [-0.3, -0.25) is 0 Å². The van der Waals surface area contributed by atoms with Crippen molar-refractivity contribution in [2.45, 2.75) is 57.6 Å².